The third-order valence-corrected chi connectivity index (χ3v) is 2.81. The van der Waals surface area contributed by atoms with Crippen molar-refractivity contribution in [3.8, 4) is 0 Å². The number of hydrogen-bond donors (Lipinski definition) is 1. The van der Waals surface area contributed by atoms with Crippen molar-refractivity contribution in [1.29, 1.82) is 5.41 Å². The monoisotopic (exact) mass is 264 g/mol. The Hall–Kier alpha value is -0.310. The highest BCUT2D eigenvalue weighted by atomic mass is 35.6. The molecule has 0 saturated carbocycles. The van der Waals surface area contributed by atoms with Gasteiger partial charge in [-0.1, -0.05) is 47.8 Å². The lowest BCUT2D eigenvalue weighted by Crippen LogP contribution is -2.07. The average Bonchev–Trinajstić information content (AvgIpc) is 2.15. The molecule has 15 heavy (non-hydrogen) atoms. The van der Waals surface area contributed by atoms with Gasteiger partial charge in [0.2, 0.25) is 3.79 Å². The smallest absolute Gasteiger partial charge is 0.232 e. The van der Waals surface area contributed by atoms with Crippen molar-refractivity contribution in [3.05, 3.63) is 29.6 Å². The fourth-order valence-corrected chi connectivity index (χ4v) is 1.41. The second-order valence-electron chi connectivity index (χ2n) is 3.38. The summed E-state index contributed by atoms with van der Waals surface area (Å²) < 4.78 is -1.48. The van der Waals surface area contributed by atoms with Crippen molar-refractivity contribution in [1.82, 2.24) is 4.98 Å². The standard InChI is InChI=1S/C10H11Cl3N2/c1-6(7(2)14)8-3-4-9(15-5-8)10(11,12)13/h3-6,14H,1-2H3. The molecule has 1 rings (SSSR count). The van der Waals surface area contributed by atoms with E-state index >= 15 is 0 Å². The summed E-state index contributed by atoms with van der Waals surface area (Å²) in [6.07, 6.45) is 1.64. The molecule has 0 aliphatic heterocycles. The van der Waals surface area contributed by atoms with E-state index in [2.05, 4.69) is 4.98 Å². The van der Waals surface area contributed by atoms with Crippen LogP contribution in [-0.2, 0) is 3.79 Å². The van der Waals surface area contributed by atoms with Crippen molar-refractivity contribution in [2.75, 3.05) is 0 Å². The number of nitrogens with one attached hydrogen (secondary N) is 1. The minimum Gasteiger partial charge on any atom is -0.309 e. The highest BCUT2D eigenvalue weighted by Crippen LogP contribution is 2.36. The van der Waals surface area contributed by atoms with Crippen LogP contribution in [0.4, 0.5) is 0 Å². The third-order valence-electron chi connectivity index (χ3n) is 2.23. The number of alkyl halides is 3. The third kappa shape index (κ3) is 3.33. The van der Waals surface area contributed by atoms with Crippen molar-refractivity contribution < 1.29 is 0 Å². The second-order valence-corrected chi connectivity index (χ2v) is 5.66. The summed E-state index contributed by atoms with van der Waals surface area (Å²) in [5.41, 5.74) is 1.92. The fraction of sp³-hybridized carbons (Fsp3) is 0.400. The molecule has 0 fully saturated rings. The van der Waals surface area contributed by atoms with Gasteiger partial charge in [-0.15, -0.1) is 0 Å². The van der Waals surface area contributed by atoms with E-state index in [4.69, 9.17) is 40.2 Å². The van der Waals surface area contributed by atoms with Crippen molar-refractivity contribution in [3.63, 3.8) is 0 Å². The van der Waals surface area contributed by atoms with Crippen LogP contribution in [0.25, 0.3) is 0 Å². The van der Waals surface area contributed by atoms with E-state index < -0.39 is 3.79 Å². The Balaban J connectivity index is 2.95. The number of hydrogen-bond acceptors (Lipinski definition) is 2. The average molecular weight is 266 g/mol. The minimum absolute atomic E-state index is 0.0435. The predicted molar refractivity (Wildman–Crippen MR) is 65.3 cm³/mol. The molecule has 0 bridgehead atoms. The van der Waals surface area contributed by atoms with Crippen LogP contribution in [0.5, 0.6) is 0 Å². The maximum Gasteiger partial charge on any atom is 0.232 e. The maximum atomic E-state index is 7.51. The normalized spacial score (nSPS) is 13.7. The van der Waals surface area contributed by atoms with E-state index in [9.17, 15) is 0 Å². The Morgan fingerprint density at radius 2 is 2.00 bits per heavy atom. The van der Waals surface area contributed by atoms with Crippen LogP contribution in [0.3, 0.4) is 0 Å². The van der Waals surface area contributed by atoms with Crippen LogP contribution in [0, 0.1) is 5.41 Å². The zero-order valence-electron chi connectivity index (χ0n) is 8.39. The first-order valence-electron chi connectivity index (χ1n) is 4.40. The van der Waals surface area contributed by atoms with Gasteiger partial charge in [-0.3, -0.25) is 4.98 Å². The molecule has 1 unspecified atom stereocenters. The largest absolute Gasteiger partial charge is 0.309 e. The molecule has 2 nitrogen and oxygen atoms in total. The SMILES string of the molecule is CC(=N)C(C)c1ccc(C(Cl)(Cl)Cl)nc1. The Bertz CT molecular complexity index is 354. The molecule has 1 heterocycles. The van der Waals surface area contributed by atoms with Crippen LogP contribution in [-0.4, -0.2) is 10.7 Å². The van der Waals surface area contributed by atoms with E-state index in [1.165, 1.54) is 0 Å². The Kier molecular flexibility index (Phi) is 3.99. The molecule has 0 spiro atoms. The summed E-state index contributed by atoms with van der Waals surface area (Å²) in [5.74, 6) is 0.0435. The molecule has 1 N–H and O–H groups in total. The topological polar surface area (TPSA) is 36.7 Å². The molecule has 1 atom stereocenters. The number of aromatic nitrogens is 1. The summed E-state index contributed by atoms with van der Waals surface area (Å²) in [6, 6.07) is 3.49. The fourth-order valence-electron chi connectivity index (χ4n) is 1.08. The Morgan fingerprint density at radius 1 is 1.40 bits per heavy atom. The number of nitrogens with zero attached hydrogens (tertiary/aromatic N) is 1. The quantitative estimate of drug-likeness (QED) is 0.635. The van der Waals surface area contributed by atoms with Gasteiger partial charge in [-0.05, 0) is 18.6 Å². The molecule has 0 aromatic carbocycles. The zero-order chi connectivity index (χ0) is 11.6. The van der Waals surface area contributed by atoms with Crippen molar-refractivity contribution in [2.24, 2.45) is 0 Å². The lowest BCUT2D eigenvalue weighted by Gasteiger charge is -2.13. The predicted octanol–water partition coefficient (Wildman–Crippen LogP) is 4.05. The van der Waals surface area contributed by atoms with Gasteiger partial charge in [0.25, 0.3) is 0 Å². The molecule has 1 aromatic rings. The molecule has 0 aliphatic rings. The lowest BCUT2D eigenvalue weighted by atomic mass is 9.99. The molecule has 0 radical (unpaired) electrons. The molecule has 82 valence electrons. The minimum atomic E-state index is -1.48. The summed E-state index contributed by atoms with van der Waals surface area (Å²) >= 11 is 17.0. The van der Waals surface area contributed by atoms with Crippen LogP contribution in [0.2, 0.25) is 0 Å². The lowest BCUT2D eigenvalue weighted by molar-refractivity contribution is 0.964. The van der Waals surface area contributed by atoms with Gasteiger partial charge in [-0.2, -0.15) is 0 Å². The van der Waals surface area contributed by atoms with Gasteiger partial charge in [0, 0.05) is 17.8 Å². The molecule has 0 saturated heterocycles. The van der Waals surface area contributed by atoms with Gasteiger partial charge in [-0.25, -0.2) is 0 Å². The molecular formula is C10H11Cl3N2. The van der Waals surface area contributed by atoms with Crippen LogP contribution in [0.1, 0.15) is 31.0 Å². The Labute approximate surface area is 104 Å². The highest BCUT2D eigenvalue weighted by Gasteiger charge is 2.24. The van der Waals surface area contributed by atoms with Crippen LogP contribution in [0.15, 0.2) is 18.3 Å². The number of halogens is 3. The van der Waals surface area contributed by atoms with Crippen LogP contribution >= 0.6 is 34.8 Å². The van der Waals surface area contributed by atoms with Gasteiger partial charge in [0.05, 0.1) is 5.69 Å². The highest BCUT2D eigenvalue weighted by molar-refractivity contribution is 6.66. The molecular weight excluding hydrogens is 254 g/mol. The number of pyridine rings is 1. The summed E-state index contributed by atoms with van der Waals surface area (Å²) in [6.45, 7) is 3.70. The van der Waals surface area contributed by atoms with Gasteiger partial charge in [0.15, 0.2) is 0 Å². The zero-order valence-corrected chi connectivity index (χ0v) is 10.7. The van der Waals surface area contributed by atoms with E-state index in [0.29, 0.717) is 11.4 Å². The summed E-state index contributed by atoms with van der Waals surface area (Å²) in [7, 11) is 0. The maximum absolute atomic E-state index is 7.51. The second kappa shape index (κ2) is 4.69. The Morgan fingerprint density at radius 3 is 2.33 bits per heavy atom. The molecule has 0 aliphatic carbocycles. The van der Waals surface area contributed by atoms with Gasteiger partial charge < -0.3 is 5.41 Å². The van der Waals surface area contributed by atoms with E-state index in [0.717, 1.165) is 5.56 Å². The molecule has 1 aromatic heterocycles. The van der Waals surface area contributed by atoms with Gasteiger partial charge >= 0.3 is 0 Å². The number of rotatable bonds is 2. The molecule has 0 amide bonds. The van der Waals surface area contributed by atoms with Gasteiger partial charge in [0.1, 0.15) is 0 Å². The van der Waals surface area contributed by atoms with Crippen molar-refractivity contribution >= 4 is 40.5 Å². The first-order chi connectivity index (χ1) is 6.82. The van der Waals surface area contributed by atoms with E-state index in [-0.39, 0.29) is 5.92 Å². The van der Waals surface area contributed by atoms with Crippen LogP contribution < -0.4 is 0 Å². The van der Waals surface area contributed by atoms with E-state index in [1.54, 1.807) is 19.2 Å². The first-order valence-corrected chi connectivity index (χ1v) is 5.54. The molecule has 5 heteroatoms. The summed E-state index contributed by atoms with van der Waals surface area (Å²) in [5, 5.41) is 7.51. The summed E-state index contributed by atoms with van der Waals surface area (Å²) in [4.78, 5) is 4.06. The van der Waals surface area contributed by atoms with Crippen molar-refractivity contribution in [2.45, 2.75) is 23.6 Å². The first kappa shape index (κ1) is 12.8. The van der Waals surface area contributed by atoms with E-state index in [1.807, 2.05) is 13.0 Å².